The quantitative estimate of drug-likeness (QED) is 0.620. The smallest absolute Gasteiger partial charge is 0.0644 e. The van der Waals surface area contributed by atoms with E-state index in [4.69, 9.17) is 0 Å². The largest absolute Gasteiger partial charge is 0.393 e. The molecule has 0 spiro atoms. The predicted molar refractivity (Wildman–Crippen MR) is 97.6 cm³/mol. The number of hydrogen-bond donors (Lipinski definition) is 4. The summed E-state index contributed by atoms with van der Waals surface area (Å²) in [6.07, 6.45) is 5.22. The summed E-state index contributed by atoms with van der Waals surface area (Å²) in [7, 11) is 0. The third kappa shape index (κ3) is 6.62. The van der Waals surface area contributed by atoms with Crippen molar-refractivity contribution in [2.45, 2.75) is 103 Å². The second-order valence-corrected chi connectivity index (χ2v) is 9.49. The van der Waals surface area contributed by atoms with E-state index in [1.165, 1.54) is 0 Å². The molecule has 4 nitrogen and oxygen atoms in total. The highest BCUT2D eigenvalue weighted by Gasteiger charge is 2.37. The van der Waals surface area contributed by atoms with E-state index < -0.39 is 11.2 Å². The molecule has 3 unspecified atom stereocenters. The van der Waals surface area contributed by atoms with Crippen molar-refractivity contribution >= 4 is 0 Å². The van der Waals surface area contributed by atoms with Gasteiger partial charge in [0.2, 0.25) is 0 Å². The van der Waals surface area contributed by atoms with Crippen LogP contribution in [-0.4, -0.2) is 43.8 Å². The van der Waals surface area contributed by atoms with Gasteiger partial charge in [-0.2, -0.15) is 0 Å². The zero-order valence-corrected chi connectivity index (χ0v) is 16.5. The molecule has 4 heteroatoms. The third-order valence-corrected chi connectivity index (χ3v) is 5.97. The SMILES string of the molecule is CC1CC[C@@H](C(C)(C)O)C(O)C1.CC1CC[C@@H](C(C)(C)O)[C@@H](O)C1. The van der Waals surface area contributed by atoms with Gasteiger partial charge in [-0.1, -0.05) is 26.7 Å². The Labute approximate surface area is 148 Å². The Morgan fingerprint density at radius 1 is 0.625 bits per heavy atom. The fraction of sp³-hybridized carbons (Fsp3) is 1.00. The van der Waals surface area contributed by atoms with E-state index in [0.29, 0.717) is 11.8 Å². The number of aliphatic hydroxyl groups is 4. The summed E-state index contributed by atoms with van der Waals surface area (Å²) in [5, 5.41) is 38.9. The van der Waals surface area contributed by atoms with Crippen LogP contribution in [-0.2, 0) is 0 Å². The fourth-order valence-corrected chi connectivity index (χ4v) is 4.35. The van der Waals surface area contributed by atoms with Crippen molar-refractivity contribution in [1.29, 1.82) is 0 Å². The summed E-state index contributed by atoms with van der Waals surface area (Å²) in [5.41, 5.74) is -1.45. The number of rotatable bonds is 2. The molecule has 0 saturated heterocycles. The van der Waals surface area contributed by atoms with Gasteiger partial charge in [0, 0.05) is 11.8 Å². The van der Waals surface area contributed by atoms with Crippen molar-refractivity contribution in [3.8, 4) is 0 Å². The van der Waals surface area contributed by atoms with E-state index in [0.717, 1.165) is 38.5 Å². The lowest BCUT2D eigenvalue weighted by molar-refractivity contribution is -0.0737. The standard InChI is InChI=1S/2C10H20O2/c2*1-7-4-5-8(9(11)6-7)10(2,3)12/h2*7-9,11-12H,4-6H2,1-3H3/t7?,8-,9?;7?,8-,9+/m11/s1. The van der Waals surface area contributed by atoms with Crippen molar-refractivity contribution in [2.75, 3.05) is 0 Å². The molecule has 0 radical (unpaired) electrons. The maximum atomic E-state index is 9.74. The molecule has 2 aliphatic rings. The summed E-state index contributed by atoms with van der Waals surface area (Å²) in [5.74, 6) is 1.35. The molecule has 0 aromatic rings. The van der Waals surface area contributed by atoms with Crippen LogP contribution < -0.4 is 0 Å². The molecule has 0 aliphatic heterocycles. The van der Waals surface area contributed by atoms with Crippen LogP contribution in [0, 0.1) is 23.7 Å². The molecule has 6 atom stereocenters. The van der Waals surface area contributed by atoms with Crippen LogP contribution in [0.4, 0.5) is 0 Å². The van der Waals surface area contributed by atoms with Crippen molar-refractivity contribution in [2.24, 2.45) is 23.7 Å². The lowest BCUT2D eigenvalue weighted by Crippen LogP contribution is -2.42. The second kappa shape index (κ2) is 8.48. The first-order valence-corrected chi connectivity index (χ1v) is 9.63. The Kier molecular flexibility index (Phi) is 7.73. The average Bonchev–Trinajstić information content (AvgIpc) is 2.35. The van der Waals surface area contributed by atoms with Crippen molar-refractivity contribution < 1.29 is 20.4 Å². The zero-order valence-electron chi connectivity index (χ0n) is 16.5. The van der Waals surface area contributed by atoms with Gasteiger partial charge in [0.05, 0.1) is 23.4 Å². The predicted octanol–water partition coefficient (Wildman–Crippen LogP) is 3.11. The second-order valence-electron chi connectivity index (χ2n) is 9.49. The first kappa shape index (κ1) is 21.9. The first-order chi connectivity index (χ1) is 10.8. The Hall–Kier alpha value is -0.160. The Balaban J connectivity index is 0.000000240. The van der Waals surface area contributed by atoms with Crippen molar-refractivity contribution in [1.82, 2.24) is 0 Å². The van der Waals surface area contributed by atoms with Crippen LogP contribution in [0.3, 0.4) is 0 Å². The summed E-state index contributed by atoms with van der Waals surface area (Å²) in [4.78, 5) is 0. The molecular weight excluding hydrogens is 304 g/mol. The van der Waals surface area contributed by atoms with E-state index in [1.807, 2.05) is 0 Å². The molecule has 144 valence electrons. The molecule has 0 heterocycles. The third-order valence-electron chi connectivity index (χ3n) is 5.97. The molecule has 2 saturated carbocycles. The van der Waals surface area contributed by atoms with Gasteiger partial charge >= 0.3 is 0 Å². The van der Waals surface area contributed by atoms with E-state index in [1.54, 1.807) is 27.7 Å². The van der Waals surface area contributed by atoms with Crippen molar-refractivity contribution in [3.05, 3.63) is 0 Å². The summed E-state index contributed by atoms with van der Waals surface area (Å²) in [6.45, 7) is 11.5. The number of aliphatic hydroxyl groups excluding tert-OH is 2. The minimum absolute atomic E-state index is 0.0636. The molecule has 24 heavy (non-hydrogen) atoms. The highest BCUT2D eigenvalue weighted by molar-refractivity contribution is 4.88. The van der Waals surface area contributed by atoms with Gasteiger partial charge in [0.25, 0.3) is 0 Å². The van der Waals surface area contributed by atoms with Gasteiger partial charge in [-0.15, -0.1) is 0 Å². The van der Waals surface area contributed by atoms with Crippen LogP contribution in [0.5, 0.6) is 0 Å². The van der Waals surface area contributed by atoms with Gasteiger partial charge in [-0.05, 0) is 65.2 Å². The number of hydrogen-bond acceptors (Lipinski definition) is 4. The molecule has 2 rings (SSSR count). The molecule has 4 N–H and O–H groups in total. The van der Waals surface area contributed by atoms with Gasteiger partial charge in [-0.25, -0.2) is 0 Å². The van der Waals surface area contributed by atoms with E-state index in [2.05, 4.69) is 13.8 Å². The highest BCUT2D eigenvalue weighted by Crippen LogP contribution is 2.36. The average molecular weight is 345 g/mol. The van der Waals surface area contributed by atoms with Gasteiger partial charge in [-0.3, -0.25) is 0 Å². The van der Waals surface area contributed by atoms with Crippen LogP contribution in [0.1, 0.15) is 80.1 Å². The Bertz CT molecular complexity index is 333. The molecule has 2 fully saturated rings. The van der Waals surface area contributed by atoms with E-state index in [9.17, 15) is 20.4 Å². The van der Waals surface area contributed by atoms with Gasteiger partial charge < -0.3 is 20.4 Å². The monoisotopic (exact) mass is 344 g/mol. The maximum absolute atomic E-state index is 9.74. The zero-order chi connectivity index (χ0) is 18.7. The first-order valence-electron chi connectivity index (χ1n) is 9.63. The maximum Gasteiger partial charge on any atom is 0.0644 e. The van der Waals surface area contributed by atoms with Crippen molar-refractivity contribution in [3.63, 3.8) is 0 Å². The van der Waals surface area contributed by atoms with E-state index >= 15 is 0 Å². The van der Waals surface area contributed by atoms with Crippen LogP contribution >= 0.6 is 0 Å². The van der Waals surface area contributed by atoms with E-state index in [-0.39, 0.29) is 24.0 Å². The fourth-order valence-electron chi connectivity index (χ4n) is 4.35. The molecule has 2 aliphatic carbocycles. The normalized spacial score (nSPS) is 38.2. The summed E-state index contributed by atoms with van der Waals surface area (Å²) in [6, 6.07) is 0. The van der Waals surface area contributed by atoms with Crippen LogP contribution in [0.25, 0.3) is 0 Å². The Morgan fingerprint density at radius 2 is 0.917 bits per heavy atom. The van der Waals surface area contributed by atoms with Crippen LogP contribution in [0.2, 0.25) is 0 Å². The lowest BCUT2D eigenvalue weighted by Gasteiger charge is -2.38. The lowest BCUT2D eigenvalue weighted by atomic mass is 9.73. The topological polar surface area (TPSA) is 80.9 Å². The molecule has 0 bridgehead atoms. The minimum Gasteiger partial charge on any atom is -0.393 e. The summed E-state index contributed by atoms with van der Waals surface area (Å²) >= 11 is 0. The Morgan fingerprint density at radius 3 is 1.12 bits per heavy atom. The minimum atomic E-state index is -0.723. The van der Waals surface area contributed by atoms with Gasteiger partial charge in [0.1, 0.15) is 0 Å². The summed E-state index contributed by atoms with van der Waals surface area (Å²) < 4.78 is 0. The molecule has 0 aromatic carbocycles. The van der Waals surface area contributed by atoms with Gasteiger partial charge in [0.15, 0.2) is 0 Å². The molecular formula is C20H40O4. The molecule has 0 amide bonds. The highest BCUT2D eigenvalue weighted by atomic mass is 16.3. The molecule has 0 aromatic heterocycles. The van der Waals surface area contributed by atoms with Crippen LogP contribution in [0.15, 0.2) is 0 Å².